The Morgan fingerprint density at radius 2 is 1.75 bits per heavy atom. The van der Waals surface area contributed by atoms with E-state index in [1.807, 2.05) is 24.3 Å². The summed E-state index contributed by atoms with van der Waals surface area (Å²) in [6.45, 7) is 4.05. The SMILES string of the molecule is CCOC(=O)N=[n+]1ccc(=C2C=CN(NC(=O)OCC)C=C2)cc1. The molecular weight excluding hydrogens is 312 g/mol. The third-order valence-corrected chi connectivity index (χ3v) is 2.94. The second-order valence-corrected chi connectivity index (χ2v) is 4.59. The van der Waals surface area contributed by atoms with E-state index in [0.29, 0.717) is 6.61 Å². The first-order chi connectivity index (χ1) is 11.6. The fourth-order valence-electron chi connectivity index (χ4n) is 1.89. The molecule has 0 atom stereocenters. The molecule has 0 saturated heterocycles. The summed E-state index contributed by atoms with van der Waals surface area (Å²) < 4.78 is 10.9. The van der Waals surface area contributed by atoms with Crippen LogP contribution in [0, 0.1) is 0 Å². The number of carbonyl (C=O) groups is 2. The average molecular weight is 331 g/mol. The lowest BCUT2D eigenvalue weighted by Crippen LogP contribution is -2.36. The first-order valence-corrected chi connectivity index (χ1v) is 7.48. The molecule has 1 aliphatic rings. The normalized spacial score (nSPS) is 12.8. The Morgan fingerprint density at radius 1 is 1.12 bits per heavy atom. The van der Waals surface area contributed by atoms with E-state index in [2.05, 4.69) is 10.5 Å². The molecule has 0 aliphatic carbocycles. The maximum absolute atomic E-state index is 11.3. The second kappa shape index (κ2) is 8.47. The van der Waals surface area contributed by atoms with Crippen LogP contribution in [0.25, 0.3) is 5.57 Å². The zero-order chi connectivity index (χ0) is 17.4. The number of nitrogens with one attached hydrogen (secondary N) is 1. The number of pyridine rings is 1. The van der Waals surface area contributed by atoms with Crippen LogP contribution < -0.4 is 15.0 Å². The van der Waals surface area contributed by atoms with Crippen molar-refractivity contribution < 1.29 is 23.4 Å². The number of rotatable bonds is 3. The van der Waals surface area contributed by atoms with Crippen LogP contribution in [-0.4, -0.2) is 30.4 Å². The molecule has 8 nitrogen and oxygen atoms in total. The highest BCUT2D eigenvalue weighted by atomic mass is 16.6. The highest BCUT2D eigenvalue weighted by molar-refractivity contribution is 5.70. The smallest absolute Gasteiger partial charge is 0.449 e. The fourth-order valence-corrected chi connectivity index (χ4v) is 1.89. The van der Waals surface area contributed by atoms with Crippen LogP contribution in [0.3, 0.4) is 0 Å². The van der Waals surface area contributed by atoms with E-state index in [4.69, 9.17) is 9.47 Å². The molecule has 24 heavy (non-hydrogen) atoms. The number of allylic oxidation sites excluding steroid dienone is 2. The number of ether oxygens (including phenoxy) is 2. The number of amides is 2. The number of hydrazine groups is 1. The molecule has 1 aromatic heterocycles. The third-order valence-electron chi connectivity index (χ3n) is 2.94. The number of hydrogen-bond donors (Lipinski definition) is 1. The molecule has 0 bridgehead atoms. The summed E-state index contributed by atoms with van der Waals surface area (Å²) in [5.41, 5.74) is 3.49. The van der Waals surface area contributed by atoms with E-state index < -0.39 is 12.2 Å². The monoisotopic (exact) mass is 331 g/mol. The lowest BCUT2D eigenvalue weighted by molar-refractivity contribution is -0.542. The van der Waals surface area contributed by atoms with Crippen LogP contribution in [0.1, 0.15) is 13.8 Å². The van der Waals surface area contributed by atoms with Gasteiger partial charge in [-0.25, -0.2) is 15.0 Å². The lowest BCUT2D eigenvalue weighted by Gasteiger charge is -2.19. The van der Waals surface area contributed by atoms with Crippen molar-refractivity contribution in [3.8, 4) is 0 Å². The minimum atomic E-state index is -0.638. The highest BCUT2D eigenvalue weighted by Gasteiger charge is 2.07. The van der Waals surface area contributed by atoms with Crippen LogP contribution in [0.15, 0.2) is 54.2 Å². The quantitative estimate of drug-likeness (QED) is 0.844. The number of aromatic nitrogens is 1. The largest absolute Gasteiger partial charge is 0.491 e. The van der Waals surface area contributed by atoms with Crippen molar-refractivity contribution in [2.45, 2.75) is 13.8 Å². The zero-order valence-electron chi connectivity index (χ0n) is 13.5. The van der Waals surface area contributed by atoms with Crippen LogP contribution in [-0.2, 0) is 9.47 Å². The predicted octanol–water partition coefficient (Wildman–Crippen LogP) is 1.32. The van der Waals surface area contributed by atoms with E-state index >= 15 is 0 Å². The van der Waals surface area contributed by atoms with Gasteiger partial charge in [0.25, 0.3) is 0 Å². The maximum Gasteiger partial charge on any atom is 0.491 e. The topological polar surface area (TPSA) is 86.1 Å². The Hall–Kier alpha value is -3.16. The van der Waals surface area contributed by atoms with Gasteiger partial charge in [-0.05, 0) is 36.8 Å². The van der Waals surface area contributed by atoms with Crippen molar-refractivity contribution in [3.05, 3.63) is 54.3 Å². The molecule has 1 aliphatic heterocycles. The zero-order valence-corrected chi connectivity index (χ0v) is 13.5. The van der Waals surface area contributed by atoms with E-state index in [1.54, 1.807) is 38.6 Å². The maximum atomic E-state index is 11.3. The van der Waals surface area contributed by atoms with Gasteiger partial charge in [0.05, 0.1) is 18.3 Å². The van der Waals surface area contributed by atoms with Crippen LogP contribution in [0.5, 0.6) is 0 Å². The van der Waals surface area contributed by atoms with Gasteiger partial charge in [-0.1, -0.05) is 4.36 Å². The van der Waals surface area contributed by atoms with E-state index in [-0.39, 0.29) is 6.61 Å². The van der Waals surface area contributed by atoms with Gasteiger partial charge in [-0.3, -0.25) is 5.01 Å². The molecule has 8 heteroatoms. The Balaban J connectivity index is 2.10. The van der Waals surface area contributed by atoms with Crippen LogP contribution in [0.4, 0.5) is 9.59 Å². The van der Waals surface area contributed by atoms with Gasteiger partial charge in [0.2, 0.25) is 12.4 Å². The van der Waals surface area contributed by atoms with Crippen LogP contribution in [0.2, 0.25) is 0 Å². The summed E-state index contributed by atoms with van der Waals surface area (Å²) in [4.78, 5) is 22.6. The van der Waals surface area contributed by atoms with Crippen molar-refractivity contribution in [1.82, 2.24) is 10.4 Å². The standard InChI is InChI=1S/C16H18N4O4/c1-3-23-15(21)17-19-9-5-13(6-10-19)14-7-11-20(12-8-14)18-16(22)24-4-2/h5-12H,3-4H2,1-2H3/p+1. The molecule has 0 radical (unpaired) electrons. The molecule has 0 aromatic carbocycles. The van der Waals surface area contributed by atoms with Gasteiger partial charge in [-0.2, -0.15) is 0 Å². The minimum Gasteiger partial charge on any atom is -0.449 e. The molecule has 126 valence electrons. The Bertz CT molecular complexity index is 746. The lowest BCUT2D eigenvalue weighted by atomic mass is 10.1. The fraction of sp³-hybridized carbons (Fsp3) is 0.250. The van der Waals surface area contributed by atoms with Gasteiger partial charge in [0, 0.05) is 24.5 Å². The van der Waals surface area contributed by atoms with Gasteiger partial charge in [-0.15, -0.1) is 0 Å². The third kappa shape index (κ3) is 4.94. The van der Waals surface area contributed by atoms with Gasteiger partial charge in [0.1, 0.15) is 0 Å². The molecule has 0 saturated carbocycles. The van der Waals surface area contributed by atoms with Crippen molar-refractivity contribution >= 4 is 17.8 Å². The minimum absolute atomic E-state index is 0.283. The molecule has 1 aromatic rings. The molecule has 0 unspecified atom stereocenters. The predicted molar refractivity (Wildman–Crippen MR) is 84.8 cm³/mol. The van der Waals surface area contributed by atoms with Crippen molar-refractivity contribution in [2.75, 3.05) is 13.2 Å². The van der Waals surface area contributed by atoms with E-state index in [0.717, 1.165) is 10.8 Å². The number of hydrogen-bond acceptors (Lipinski definition) is 5. The summed E-state index contributed by atoms with van der Waals surface area (Å²) in [5.74, 6) is 0. The van der Waals surface area contributed by atoms with Gasteiger partial charge >= 0.3 is 12.2 Å². The van der Waals surface area contributed by atoms with Crippen molar-refractivity contribution in [1.29, 1.82) is 0 Å². The second-order valence-electron chi connectivity index (χ2n) is 4.59. The van der Waals surface area contributed by atoms with Gasteiger partial charge < -0.3 is 9.47 Å². The Kier molecular flexibility index (Phi) is 6.07. The van der Waals surface area contributed by atoms with Gasteiger partial charge in [0.15, 0.2) is 0 Å². The number of nitrogens with zero attached hydrogens (tertiary/aromatic N) is 3. The number of carbonyl (C=O) groups excluding carboxylic acids is 2. The summed E-state index contributed by atoms with van der Waals surface area (Å²) >= 11 is 0. The molecule has 0 fully saturated rings. The van der Waals surface area contributed by atoms with Crippen LogP contribution >= 0.6 is 0 Å². The Labute approximate surface area is 139 Å². The van der Waals surface area contributed by atoms with Crippen molar-refractivity contribution in [3.63, 3.8) is 0 Å². The molecule has 2 heterocycles. The van der Waals surface area contributed by atoms with Crippen molar-refractivity contribution in [2.24, 2.45) is 5.11 Å². The molecular formula is C16H19N4O4+. The summed E-state index contributed by atoms with van der Waals surface area (Å²) in [5, 5.41) is 6.18. The average Bonchev–Trinajstić information content (AvgIpc) is 2.57. The molecule has 2 rings (SSSR count). The molecule has 2 amide bonds. The first kappa shape index (κ1) is 17.2. The summed E-state index contributed by atoms with van der Waals surface area (Å²) in [7, 11) is 0. The van der Waals surface area contributed by atoms with E-state index in [9.17, 15) is 9.59 Å². The van der Waals surface area contributed by atoms with E-state index in [1.165, 1.54) is 9.37 Å². The summed E-state index contributed by atoms with van der Waals surface area (Å²) in [6.07, 6.45) is 9.25. The highest BCUT2D eigenvalue weighted by Crippen LogP contribution is 2.06. The summed E-state index contributed by atoms with van der Waals surface area (Å²) in [6, 6.07) is 3.64. The first-order valence-electron chi connectivity index (χ1n) is 7.48. The Morgan fingerprint density at radius 3 is 2.33 bits per heavy atom. The molecule has 0 spiro atoms. The molecule has 1 N–H and O–H groups in total.